The Bertz CT molecular complexity index is 921. The first-order valence-electron chi connectivity index (χ1n) is 10.8. The van der Waals surface area contributed by atoms with E-state index in [-0.39, 0.29) is 17.1 Å². The lowest BCUT2D eigenvalue weighted by Crippen LogP contribution is -2.43. The Morgan fingerprint density at radius 3 is 2.63 bits per heavy atom. The lowest BCUT2D eigenvalue weighted by molar-refractivity contribution is -0.123. The maximum Gasteiger partial charge on any atom is 0.230 e. The van der Waals surface area contributed by atoms with Crippen molar-refractivity contribution in [1.29, 1.82) is 0 Å². The molecule has 1 aliphatic carbocycles. The van der Waals surface area contributed by atoms with Crippen molar-refractivity contribution in [2.24, 2.45) is 5.92 Å². The van der Waals surface area contributed by atoms with Crippen LogP contribution in [-0.2, 0) is 16.8 Å². The van der Waals surface area contributed by atoms with Crippen LogP contribution in [0.2, 0.25) is 5.02 Å². The van der Waals surface area contributed by atoms with E-state index >= 15 is 0 Å². The van der Waals surface area contributed by atoms with Gasteiger partial charge in [0.15, 0.2) is 5.78 Å². The summed E-state index contributed by atoms with van der Waals surface area (Å²) in [4.78, 5) is 27.0. The molecule has 0 aromatic heterocycles. The summed E-state index contributed by atoms with van der Waals surface area (Å²) >= 11 is 6.00. The van der Waals surface area contributed by atoms with Crippen LogP contribution in [0.4, 0.5) is 0 Å². The summed E-state index contributed by atoms with van der Waals surface area (Å²) in [6.45, 7) is 5.20. The van der Waals surface area contributed by atoms with Crippen molar-refractivity contribution in [1.82, 2.24) is 10.2 Å². The zero-order chi connectivity index (χ0) is 21.1. The quantitative estimate of drug-likeness (QED) is 0.660. The average Bonchev–Trinajstić information content (AvgIpc) is 3.55. The number of carbonyl (C=O) groups excluding carboxylic acids is 2. The molecule has 1 atom stereocenters. The number of piperidine rings is 1. The van der Waals surface area contributed by atoms with Crippen LogP contribution in [0.5, 0.6) is 0 Å². The smallest absolute Gasteiger partial charge is 0.230 e. The van der Waals surface area contributed by atoms with Crippen LogP contribution in [0.25, 0.3) is 0 Å². The van der Waals surface area contributed by atoms with E-state index in [9.17, 15) is 9.59 Å². The van der Waals surface area contributed by atoms with E-state index in [0.717, 1.165) is 63.0 Å². The van der Waals surface area contributed by atoms with Crippen LogP contribution in [0.1, 0.15) is 54.1 Å². The van der Waals surface area contributed by atoms with E-state index in [1.54, 1.807) is 6.92 Å². The molecule has 1 heterocycles. The van der Waals surface area contributed by atoms with Gasteiger partial charge in [0.2, 0.25) is 5.91 Å². The Morgan fingerprint density at radius 2 is 1.93 bits per heavy atom. The number of halogens is 1. The largest absolute Gasteiger partial charge is 0.355 e. The molecule has 30 heavy (non-hydrogen) atoms. The van der Waals surface area contributed by atoms with Gasteiger partial charge in [-0.25, -0.2) is 0 Å². The normalized spacial score (nSPS) is 20.5. The number of nitrogens with zero attached hydrogens (tertiary/aromatic N) is 1. The van der Waals surface area contributed by atoms with E-state index < -0.39 is 0 Å². The van der Waals surface area contributed by atoms with Crippen molar-refractivity contribution in [3.63, 3.8) is 0 Å². The summed E-state index contributed by atoms with van der Waals surface area (Å²) in [5.74, 6) is 0.710. The van der Waals surface area contributed by atoms with Crippen LogP contribution in [-0.4, -0.2) is 36.2 Å². The predicted octanol–water partition coefficient (Wildman–Crippen LogP) is 4.60. The molecule has 1 saturated heterocycles. The number of ketones is 1. The van der Waals surface area contributed by atoms with Gasteiger partial charge in [-0.1, -0.05) is 41.9 Å². The van der Waals surface area contributed by atoms with Crippen molar-refractivity contribution in [3.8, 4) is 0 Å². The SMILES string of the molecule is CC(=O)c1cccc(CN2CCC[C@H](CNC(=O)C3(c4ccc(Cl)cc4)CC3)C2)c1. The lowest BCUT2D eigenvalue weighted by Gasteiger charge is -2.33. The van der Waals surface area contributed by atoms with Gasteiger partial charge in [0.05, 0.1) is 5.41 Å². The third kappa shape index (κ3) is 4.76. The van der Waals surface area contributed by atoms with Crippen LogP contribution in [0, 0.1) is 5.92 Å². The first-order valence-corrected chi connectivity index (χ1v) is 11.2. The Balaban J connectivity index is 1.31. The van der Waals surface area contributed by atoms with E-state index in [0.29, 0.717) is 10.9 Å². The third-order valence-corrected chi connectivity index (χ3v) is 6.73. The number of amides is 1. The van der Waals surface area contributed by atoms with E-state index in [2.05, 4.69) is 16.3 Å². The maximum atomic E-state index is 12.9. The van der Waals surface area contributed by atoms with E-state index in [1.807, 2.05) is 42.5 Å². The van der Waals surface area contributed by atoms with E-state index in [4.69, 9.17) is 11.6 Å². The first kappa shape index (κ1) is 21.1. The van der Waals surface area contributed by atoms with Gasteiger partial charge in [-0.3, -0.25) is 14.5 Å². The van der Waals surface area contributed by atoms with Crippen molar-refractivity contribution in [3.05, 3.63) is 70.2 Å². The molecule has 0 bridgehead atoms. The highest BCUT2D eigenvalue weighted by atomic mass is 35.5. The highest BCUT2D eigenvalue weighted by Crippen LogP contribution is 2.48. The number of hydrogen-bond donors (Lipinski definition) is 1. The fourth-order valence-corrected chi connectivity index (χ4v) is 4.68. The molecule has 1 aliphatic heterocycles. The second-order valence-corrected chi connectivity index (χ2v) is 9.24. The van der Waals surface area contributed by atoms with Crippen molar-refractivity contribution < 1.29 is 9.59 Å². The molecule has 2 aliphatic rings. The van der Waals surface area contributed by atoms with Gasteiger partial charge >= 0.3 is 0 Å². The molecule has 5 heteroatoms. The molecule has 2 aromatic carbocycles. The fourth-order valence-electron chi connectivity index (χ4n) is 4.56. The minimum atomic E-state index is -0.355. The van der Waals surface area contributed by atoms with Gasteiger partial charge in [-0.15, -0.1) is 0 Å². The number of hydrogen-bond acceptors (Lipinski definition) is 3. The minimum Gasteiger partial charge on any atom is -0.355 e. The summed E-state index contributed by atoms with van der Waals surface area (Å²) < 4.78 is 0. The van der Waals surface area contributed by atoms with Crippen LogP contribution < -0.4 is 5.32 Å². The minimum absolute atomic E-state index is 0.103. The number of nitrogens with one attached hydrogen (secondary N) is 1. The summed E-state index contributed by atoms with van der Waals surface area (Å²) in [7, 11) is 0. The van der Waals surface area contributed by atoms with Gasteiger partial charge in [-0.05, 0) is 74.4 Å². The number of rotatable bonds is 7. The molecular weight excluding hydrogens is 396 g/mol. The van der Waals surface area contributed by atoms with Crippen molar-refractivity contribution in [2.75, 3.05) is 19.6 Å². The molecule has 0 spiro atoms. The van der Waals surface area contributed by atoms with Crippen LogP contribution in [0.15, 0.2) is 48.5 Å². The molecular formula is C25H29ClN2O2. The van der Waals surface area contributed by atoms with Crippen molar-refractivity contribution >= 4 is 23.3 Å². The molecule has 158 valence electrons. The summed E-state index contributed by atoms with van der Waals surface area (Å²) in [5, 5.41) is 3.93. The molecule has 0 radical (unpaired) electrons. The summed E-state index contributed by atoms with van der Waals surface area (Å²) in [5.41, 5.74) is 2.66. The molecule has 1 amide bonds. The molecule has 4 nitrogen and oxygen atoms in total. The maximum absolute atomic E-state index is 12.9. The molecule has 0 unspecified atom stereocenters. The highest BCUT2D eigenvalue weighted by Gasteiger charge is 2.51. The Morgan fingerprint density at radius 1 is 1.17 bits per heavy atom. The van der Waals surface area contributed by atoms with Crippen LogP contribution >= 0.6 is 11.6 Å². The van der Waals surface area contributed by atoms with Gasteiger partial charge in [-0.2, -0.15) is 0 Å². The zero-order valence-corrected chi connectivity index (χ0v) is 18.3. The number of carbonyl (C=O) groups is 2. The molecule has 2 aromatic rings. The van der Waals surface area contributed by atoms with Crippen molar-refractivity contribution in [2.45, 2.75) is 44.6 Å². The number of Topliss-reactive ketones (excluding diaryl/α,β-unsaturated/α-hetero) is 1. The predicted molar refractivity (Wildman–Crippen MR) is 120 cm³/mol. The Labute approximate surface area is 183 Å². The van der Waals surface area contributed by atoms with Gasteiger partial charge in [0.1, 0.15) is 0 Å². The number of benzene rings is 2. The van der Waals surface area contributed by atoms with Gasteiger partial charge in [0.25, 0.3) is 0 Å². The summed E-state index contributed by atoms with van der Waals surface area (Å²) in [6, 6.07) is 15.6. The van der Waals surface area contributed by atoms with Gasteiger partial charge < -0.3 is 5.32 Å². The third-order valence-electron chi connectivity index (χ3n) is 6.48. The number of likely N-dealkylation sites (tertiary alicyclic amines) is 1. The topological polar surface area (TPSA) is 49.4 Å². The fraction of sp³-hybridized carbons (Fsp3) is 0.440. The first-order chi connectivity index (χ1) is 14.5. The highest BCUT2D eigenvalue weighted by molar-refractivity contribution is 6.30. The summed E-state index contributed by atoms with van der Waals surface area (Å²) in [6.07, 6.45) is 4.08. The average molecular weight is 425 g/mol. The van der Waals surface area contributed by atoms with Crippen LogP contribution in [0.3, 0.4) is 0 Å². The molecule has 1 saturated carbocycles. The van der Waals surface area contributed by atoms with Gasteiger partial charge in [0, 0.05) is 30.2 Å². The standard InChI is InChI=1S/C25H29ClN2O2/c1-18(29)21-6-2-4-19(14-21)16-28-13-3-5-20(17-28)15-27-24(30)25(11-12-25)22-7-9-23(26)10-8-22/h2,4,6-10,14,20H,3,5,11-13,15-17H2,1H3,(H,27,30)/t20-/m1/s1. The monoisotopic (exact) mass is 424 g/mol. The molecule has 1 N–H and O–H groups in total. The second kappa shape index (κ2) is 8.91. The van der Waals surface area contributed by atoms with E-state index in [1.165, 1.54) is 5.56 Å². The Kier molecular flexibility index (Phi) is 6.26. The molecule has 4 rings (SSSR count). The Hall–Kier alpha value is -2.17. The lowest BCUT2D eigenvalue weighted by atomic mass is 9.93. The second-order valence-electron chi connectivity index (χ2n) is 8.80. The molecule has 2 fully saturated rings. The zero-order valence-electron chi connectivity index (χ0n) is 17.5.